The minimum atomic E-state index is 0.207. The fourth-order valence-corrected chi connectivity index (χ4v) is 3.54. The van der Waals surface area contributed by atoms with Gasteiger partial charge in [-0.15, -0.1) is 11.8 Å². The number of rotatable bonds is 5. The summed E-state index contributed by atoms with van der Waals surface area (Å²) in [5, 5.41) is 0. The molecule has 1 aliphatic heterocycles. The van der Waals surface area contributed by atoms with Crippen LogP contribution in [0.15, 0.2) is 53.4 Å². The average molecular weight is 327 g/mol. The fraction of sp³-hybridized carbons (Fsp3) is 0.316. The molecule has 1 heterocycles. The van der Waals surface area contributed by atoms with E-state index in [-0.39, 0.29) is 5.91 Å². The van der Waals surface area contributed by atoms with Gasteiger partial charge in [-0.3, -0.25) is 4.79 Å². The highest BCUT2D eigenvalue weighted by molar-refractivity contribution is 8.00. The third kappa shape index (κ3) is 4.08. The quantitative estimate of drug-likeness (QED) is 0.783. The highest BCUT2D eigenvalue weighted by atomic mass is 32.2. The number of fused-ring (bicyclic) bond motifs is 1. The summed E-state index contributed by atoms with van der Waals surface area (Å²) in [6, 6.07) is 16.3. The summed E-state index contributed by atoms with van der Waals surface area (Å²) in [6.45, 7) is 4.19. The first-order valence-electron chi connectivity index (χ1n) is 7.96. The molecule has 1 aliphatic rings. The molecule has 2 aromatic rings. The molecule has 0 saturated heterocycles. The summed E-state index contributed by atoms with van der Waals surface area (Å²) in [5.41, 5.74) is 2.65. The third-order valence-corrected chi connectivity index (χ3v) is 4.98. The molecule has 3 nitrogen and oxygen atoms in total. The fourth-order valence-electron chi connectivity index (χ4n) is 2.74. The van der Waals surface area contributed by atoms with Gasteiger partial charge in [0.25, 0.3) is 0 Å². The predicted octanol–water partition coefficient (Wildman–Crippen LogP) is 3.76. The van der Waals surface area contributed by atoms with Crippen LogP contribution in [-0.2, 0) is 17.8 Å². The van der Waals surface area contributed by atoms with Crippen molar-refractivity contribution >= 4 is 17.7 Å². The highest BCUT2D eigenvalue weighted by Crippen LogP contribution is 2.23. The second kappa shape index (κ2) is 7.55. The monoisotopic (exact) mass is 327 g/mol. The lowest BCUT2D eigenvalue weighted by Crippen LogP contribution is -2.37. The molecular weight excluding hydrogens is 306 g/mol. The topological polar surface area (TPSA) is 29.5 Å². The molecule has 1 amide bonds. The summed E-state index contributed by atoms with van der Waals surface area (Å²) in [5.74, 6) is 1.56. The van der Waals surface area contributed by atoms with Crippen LogP contribution in [0.4, 0.5) is 0 Å². The molecule has 120 valence electrons. The SMILES string of the molecule is CCOc1ccc(SCC(=O)N2CCc3ccccc3C2)cc1. The summed E-state index contributed by atoms with van der Waals surface area (Å²) < 4.78 is 5.43. The van der Waals surface area contributed by atoms with E-state index in [4.69, 9.17) is 4.74 Å². The van der Waals surface area contributed by atoms with Gasteiger partial charge in [0.2, 0.25) is 5.91 Å². The zero-order chi connectivity index (χ0) is 16.1. The second-order valence-corrected chi connectivity index (χ2v) is 6.58. The normalized spacial score (nSPS) is 13.5. The van der Waals surface area contributed by atoms with Gasteiger partial charge in [-0.1, -0.05) is 24.3 Å². The van der Waals surface area contributed by atoms with Crippen molar-refractivity contribution in [2.24, 2.45) is 0 Å². The molecule has 23 heavy (non-hydrogen) atoms. The van der Waals surface area contributed by atoms with Gasteiger partial charge in [-0.25, -0.2) is 0 Å². The maximum atomic E-state index is 12.4. The Kier molecular flexibility index (Phi) is 5.23. The Morgan fingerprint density at radius 2 is 1.87 bits per heavy atom. The summed E-state index contributed by atoms with van der Waals surface area (Å²) in [7, 11) is 0. The first-order valence-corrected chi connectivity index (χ1v) is 8.95. The molecular formula is C19H21NO2S. The molecule has 0 bridgehead atoms. The van der Waals surface area contributed by atoms with Crippen LogP contribution in [0, 0.1) is 0 Å². The van der Waals surface area contributed by atoms with Gasteiger partial charge < -0.3 is 9.64 Å². The van der Waals surface area contributed by atoms with Gasteiger partial charge in [-0.05, 0) is 48.7 Å². The van der Waals surface area contributed by atoms with Crippen molar-refractivity contribution < 1.29 is 9.53 Å². The van der Waals surface area contributed by atoms with Gasteiger partial charge in [0.1, 0.15) is 5.75 Å². The van der Waals surface area contributed by atoms with E-state index >= 15 is 0 Å². The van der Waals surface area contributed by atoms with E-state index in [1.54, 1.807) is 11.8 Å². The smallest absolute Gasteiger partial charge is 0.233 e. The first-order chi connectivity index (χ1) is 11.3. The van der Waals surface area contributed by atoms with Crippen molar-refractivity contribution in [2.45, 2.75) is 24.8 Å². The van der Waals surface area contributed by atoms with Crippen molar-refractivity contribution in [1.82, 2.24) is 4.90 Å². The van der Waals surface area contributed by atoms with Crippen molar-refractivity contribution in [3.63, 3.8) is 0 Å². The number of nitrogens with zero attached hydrogens (tertiary/aromatic N) is 1. The molecule has 0 unspecified atom stereocenters. The molecule has 3 rings (SSSR count). The summed E-state index contributed by atoms with van der Waals surface area (Å²) >= 11 is 1.58. The van der Waals surface area contributed by atoms with Gasteiger partial charge >= 0.3 is 0 Å². The number of carbonyl (C=O) groups excluding carboxylic acids is 1. The summed E-state index contributed by atoms with van der Waals surface area (Å²) in [4.78, 5) is 15.5. The van der Waals surface area contributed by atoms with Crippen LogP contribution in [0.1, 0.15) is 18.1 Å². The van der Waals surface area contributed by atoms with Crippen LogP contribution < -0.4 is 4.74 Å². The van der Waals surface area contributed by atoms with Crippen LogP contribution in [-0.4, -0.2) is 29.7 Å². The van der Waals surface area contributed by atoms with E-state index in [1.165, 1.54) is 11.1 Å². The molecule has 0 N–H and O–H groups in total. The second-order valence-electron chi connectivity index (χ2n) is 5.53. The zero-order valence-electron chi connectivity index (χ0n) is 13.3. The molecule has 2 aromatic carbocycles. The lowest BCUT2D eigenvalue weighted by Gasteiger charge is -2.28. The largest absolute Gasteiger partial charge is 0.494 e. The van der Waals surface area contributed by atoms with Gasteiger partial charge in [0, 0.05) is 18.0 Å². The lowest BCUT2D eigenvalue weighted by atomic mass is 10.00. The standard InChI is InChI=1S/C19H21NO2S/c1-2-22-17-7-9-18(10-8-17)23-14-19(21)20-12-11-15-5-3-4-6-16(15)13-20/h3-10H,2,11-14H2,1H3. The Labute approximate surface area is 141 Å². The van der Waals surface area contributed by atoms with Crippen molar-refractivity contribution in [3.05, 3.63) is 59.7 Å². The number of thioether (sulfide) groups is 1. The number of ether oxygens (including phenoxy) is 1. The molecule has 0 atom stereocenters. The molecule has 0 aromatic heterocycles. The number of carbonyl (C=O) groups is 1. The number of hydrogen-bond acceptors (Lipinski definition) is 3. The van der Waals surface area contributed by atoms with Crippen LogP contribution in [0.25, 0.3) is 0 Å². The van der Waals surface area contributed by atoms with Crippen LogP contribution in [0.5, 0.6) is 5.75 Å². The van der Waals surface area contributed by atoms with E-state index in [2.05, 4.69) is 18.2 Å². The van der Waals surface area contributed by atoms with Crippen molar-refractivity contribution in [3.8, 4) is 5.75 Å². The van der Waals surface area contributed by atoms with E-state index in [1.807, 2.05) is 42.2 Å². The molecule has 4 heteroatoms. The van der Waals surface area contributed by atoms with Crippen molar-refractivity contribution in [1.29, 1.82) is 0 Å². The van der Waals surface area contributed by atoms with Gasteiger partial charge in [-0.2, -0.15) is 0 Å². The lowest BCUT2D eigenvalue weighted by molar-refractivity contribution is -0.129. The van der Waals surface area contributed by atoms with E-state index < -0.39 is 0 Å². The predicted molar refractivity (Wildman–Crippen MR) is 93.9 cm³/mol. The molecule has 0 saturated carbocycles. The Bertz CT molecular complexity index is 669. The Balaban J connectivity index is 1.54. The third-order valence-electron chi connectivity index (χ3n) is 3.98. The Morgan fingerprint density at radius 1 is 1.13 bits per heavy atom. The Morgan fingerprint density at radius 3 is 2.61 bits per heavy atom. The van der Waals surface area contributed by atoms with Crippen molar-refractivity contribution in [2.75, 3.05) is 18.9 Å². The van der Waals surface area contributed by atoms with Crippen LogP contribution >= 0.6 is 11.8 Å². The number of hydrogen-bond donors (Lipinski definition) is 0. The first kappa shape index (κ1) is 15.9. The van der Waals surface area contributed by atoms with E-state index in [9.17, 15) is 4.79 Å². The Hall–Kier alpha value is -1.94. The maximum Gasteiger partial charge on any atom is 0.233 e. The molecule has 0 spiro atoms. The van der Waals surface area contributed by atoms with Crippen LogP contribution in [0.2, 0.25) is 0 Å². The zero-order valence-corrected chi connectivity index (χ0v) is 14.1. The van der Waals surface area contributed by atoms with Gasteiger partial charge in [0.15, 0.2) is 0 Å². The van der Waals surface area contributed by atoms with Crippen LogP contribution in [0.3, 0.4) is 0 Å². The minimum Gasteiger partial charge on any atom is -0.494 e. The molecule has 0 fully saturated rings. The average Bonchev–Trinajstić information content (AvgIpc) is 2.60. The molecule has 0 aliphatic carbocycles. The number of benzene rings is 2. The number of amides is 1. The van der Waals surface area contributed by atoms with Gasteiger partial charge in [0.05, 0.1) is 12.4 Å². The minimum absolute atomic E-state index is 0.207. The van der Waals surface area contributed by atoms with E-state index in [0.717, 1.165) is 30.2 Å². The highest BCUT2D eigenvalue weighted by Gasteiger charge is 2.20. The van der Waals surface area contributed by atoms with E-state index in [0.29, 0.717) is 12.4 Å². The summed E-state index contributed by atoms with van der Waals surface area (Å²) in [6.07, 6.45) is 0.954. The molecule has 0 radical (unpaired) electrons. The maximum absolute atomic E-state index is 12.4.